The second kappa shape index (κ2) is 7.69. The van der Waals surface area contributed by atoms with Crippen LogP contribution < -0.4 is 5.32 Å². The summed E-state index contributed by atoms with van der Waals surface area (Å²) in [6, 6.07) is 1.98. The highest BCUT2D eigenvalue weighted by Gasteiger charge is 2.10. The van der Waals surface area contributed by atoms with E-state index >= 15 is 0 Å². The molecule has 0 aliphatic rings. The summed E-state index contributed by atoms with van der Waals surface area (Å²) < 4.78 is 0. The molecule has 0 bridgehead atoms. The van der Waals surface area contributed by atoms with Gasteiger partial charge in [0, 0.05) is 29.3 Å². The minimum absolute atomic E-state index is 0.0369. The van der Waals surface area contributed by atoms with Crippen molar-refractivity contribution in [3.05, 3.63) is 21.3 Å². The maximum absolute atomic E-state index is 11.6. The van der Waals surface area contributed by atoms with Gasteiger partial charge in [0.25, 0.3) is 0 Å². The molecule has 1 heterocycles. The first-order valence-corrected chi connectivity index (χ1v) is 7.04. The quantitative estimate of drug-likeness (QED) is 0.804. The van der Waals surface area contributed by atoms with Crippen LogP contribution in [0.25, 0.3) is 0 Å². The number of hydrogen-bond acceptors (Lipinski definition) is 3. The minimum Gasteiger partial charge on any atom is -0.396 e. The predicted octanol–water partition coefficient (Wildman–Crippen LogP) is 2.61. The number of thiophene rings is 1. The zero-order valence-electron chi connectivity index (χ0n) is 9.91. The highest BCUT2D eigenvalue weighted by Crippen LogP contribution is 2.20. The van der Waals surface area contributed by atoms with Gasteiger partial charge in [0.15, 0.2) is 0 Å². The van der Waals surface area contributed by atoms with Crippen molar-refractivity contribution < 1.29 is 9.90 Å². The number of aliphatic hydroxyl groups excluding tert-OH is 1. The fourth-order valence-electron chi connectivity index (χ4n) is 1.56. The molecule has 3 nitrogen and oxygen atoms in total. The average Bonchev–Trinajstić information content (AvgIpc) is 2.72. The van der Waals surface area contributed by atoms with Crippen molar-refractivity contribution in [1.29, 1.82) is 0 Å². The Morgan fingerprint density at radius 2 is 2.41 bits per heavy atom. The van der Waals surface area contributed by atoms with Gasteiger partial charge in [0.1, 0.15) is 0 Å². The third-order valence-electron chi connectivity index (χ3n) is 2.56. The van der Waals surface area contributed by atoms with Crippen molar-refractivity contribution in [2.45, 2.75) is 38.6 Å². The topological polar surface area (TPSA) is 49.3 Å². The summed E-state index contributed by atoms with van der Waals surface area (Å²) >= 11 is 7.38. The van der Waals surface area contributed by atoms with Gasteiger partial charge < -0.3 is 10.4 Å². The molecule has 96 valence electrons. The van der Waals surface area contributed by atoms with E-state index in [1.165, 1.54) is 0 Å². The van der Waals surface area contributed by atoms with Gasteiger partial charge in [-0.1, -0.05) is 18.5 Å². The lowest BCUT2D eigenvalue weighted by Gasteiger charge is -2.15. The number of carbonyl (C=O) groups excluding carboxylic acids is 1. The van der Waals surface area contributed by atoms with Crippen LogP contribution in [0.4, 0.5) is 0 Å². The summed E-state index contributed by atoms with van der Waals surface area (Å²) in [6.45, 7) is 2.11. The zero-order chi connectivity index (χ0) is 12.7. The zero-order valence-corrected chi connectivity index (χ0v) is 11.5. The number of nitrogens with one attached hydrogen (secondary N) is 1. The van der Waals surface area contributed by atoms with Crippen LogP contribution in [0.1, 0.15) is 31.1 Å². The van der Waals surface area contributed by atoms with Crippen molar-refractivity contribution in [1.82, 2.24) is 5.32 Å². The van der Waals surface area contributed by atoms with E-state index < -0.39 is 0 Å². The van der Waals surface area contributed by atoms with Gasteiger partial charge in [-0.15, -0.1) is 11.3 Å². The molecule has 1 aromatic heterocycles. The van der Waals surface area contributed by atoms with Crippen molar-refractivity contribution in [3.8, 4) is 0 Å². The Labute approximate surface area is 111 Å². The Bertz CT molecular complexity index is 354. The number of halogens is 1. The van der Waals surface area contributed by atoms with Crippen LogP contribution in [0.15, 0.2) is 11.4 Å². The highest BCUT2D eigenvalue weighted by molar-refractivity contribution is 7.10. The van der Waals surface area contributed by atoms with E-state index in [1.54, 1.807) is 11.3 Å². The highest BCUT2D eigenvalue weighted by atomic mass is 35.5. The van der Waals surface area contributed by atoms with Gasteiger partial charge in [0.2, 0.25) is 5.91 Å². The predicted molar refractivity (Wildman–Crippen MR) is 71.6 cm³/mol. The molecule has 1 amide bonds. The molecule has 5 heteroatoms. The minimum atomic E-state index is 0.0369. The Morgan fingerprint density at radius 3 is 2.94 bits per heavy atom. The Kier molecular flexibility index (Phi) is 6.55. The summed E-state index contributed by atoms with van der Waals surface area (Å²) in [7, 11) is 0. The molecular weight excluding hydrogens is 258 g/mol. The third kappa shape index (κ3) is 5.52. The molecule has 1 unspecified atom stereocenters. The van der Waals surface area contributed by atoms with Gasteiger partial charge in [-0.2, -0.15) is 0 Å². The first-order chi connectivity index (χ1) is 8.15. The SMILES string of the molecule is CCC(CCO)NC(=O)CCc1cc(Cl)cs1. The van der Waals surface area contributed by atoms with Gasteiger partial charge in [-0.05, 0) is 25.3 Å². The molecular formula is C12H18ClNO2S. The molecule has 0 aromatic carbocycles. The average molecular weight is 276 g/mol. The van der Waals surface area contributed by atoms with E-state index in [-0.39, 0.29) is 18.6 Å². The summed E-state index contributed by atoms with van der Waals surface area (Å²) in [4.78, 5) is 12.8. The summed E-state index contributed by atoms with van der Waals surface area (Å²) in [5, 5.41) is 14.3. The van der Waals surface area contributed by atoms with Crippen LogP contribution >= 0.6 is 22.9 Å². The van der Waals surface area contributed by atoms with E-state index in [0.717, 1.165) is 22.7 Å². The Morgan fingerprint density at radius 1 is 1.65 bits per heavy atom. The number of amides is 1. The van der Waals surface area contributed by atoms with Crippen molar-refractivity contribution in [2.75, 3.05) is 6.61 Å². The number of carbonyl (C=O) groups is 1. The van der Waals surface area contributed by atoms with Gasteiger partial charge in [0.05, 0.1) is 5.02 Å². The first kappa shape index (κ1) is 14.5. The van der Waals surface area contributed by atoms with Crippen LogP contribution in [-0.2, 0) is 11.2 Å². The molecule has 2 N–H and O–H groups in total. The molecule has 0 radical (unpaired) electrons. The Hall–Kier alpha value is -0.580. The fraction of sp³-hybridized carbons (Fsp3) is 0.583. The van der Waals surface area contributed by atoms with E-state index in [4.69, 9.17) is 16.7 Å². The van der Waals surface area contributed by atoms with Crippen LogP contribution in [-0.4, -0.2) is 23.7 Å². The molecule has 0 fully saturated rings. The standard InChI is InChI=1S/C12H18ClNO2S/c1-2-10(5-6-15)14-12(16)4-3-11-7-9(13)8-17-11/h7-8,10,15H,2-6H2,1H3,(H,14,16). The van der Waals surface area contributed by atoms with Crippen LogP contribution in [0, 0.1) is 0 Å². The molecule has 0 spiro atoms. The molecule has 1 rings (SSSR count). The molecule has 17 heavy (non-hydrogen) atoms. The molecule has 0 saturated heterocycles. The largest absolute Gasteiger partial charge is 0.396 e. The van der Waals surface area contributed by atoms with Crippen LogP contribution in [0.2, 0.25) is 5.02 Å². The van der Waals surface area contributed by atoms with Crippen LogP contribution in [0.3, 0.4) is 0 Å². The van der Waals surface area contributed by atoms with Crippen molar-refractivity contribution in [3.63, 3.8) is 0 Å². The number of hydrogen-bond donors (Lipinski definition) is 2. The van der Waals surface area contributed by atoms with Crippen molar-refractivity contribution >= 4 is 28.8 Å². The molecule has 0 saturated carbocycles. The van der Waals surface area contributed by atoms with Gasteiger partial charge in [-0.3, -0.25) is 4.79 Å². The maximum atomic E-state index is 11.6. The lowest BCUT2D eigenvalue weighted by atomic mass is 10.1. The van der Waals surface area contributed by atoms with E-state index in [2.05, 4.69) is 5.32 Å². The fourth-order valence-corrected chi connectivity index (χ4v) is 2.63. The summed E-state index contributed by atoms with van der Waals surface area (Å²) in [5.41, 5.74) is 0. The number of aryl methyl sites for hydroxylation is 1. The molecule has 1 atom stereocenters. The van der Waals surface area contributed by atoms with Crippen molar-refractivity contribution in [2.24, 2.45) is 0 Å². The van der Waals surface area contributed by atoms with Gasteiger partial charge >= 0.3 is 0 Å². The smallest absolute Gasteiger partial charge is 0.220 e. The normalized spacial score (nSPS) is 12.4. The second-order valence-electron chi connectivity index (χ2n) is 3.92. The maximum Gasteiger partial charge on any atom is 0.220 e. The number of aliphatic hydroxyl groups is 1. The molecule has 0 aliphatic carbocycles. The summed E-state index contributed by atoms with van der Waals surface area (Å²) in [5.74, 6) is 0.0369. The first-order valence-electron chi connectivity index (χ1n) is 5.78. The van der Waals surface area contributed by atoms with Gasteiger partial charge in [-0.25, -0.2) is 0 Å². The molecule has 0 aliphatic heterocycles. The number of rotatable bonds is 7. The Balaban J connectivity index is 2.29. The lowest BCUT2D eigenvalue weighted by Crippen LogP contribution is -2.35. The van der Waals surface area contributed by atoms with E-state index in [1.807, 2.05) is 18.4 Å². The van der Waals surface area contributed by atoms with E-state index in [0.29, 0.717) is 12.8 Å². The monoisotopic (exact) mass is 275 g/mol. The molecule has 1 aromatic rings. The summed E-state index contributed by atoms with van der Waals surface area (Å²) in [6.07, 6.45) is 2.65. The third-order valence-corrected chi connectivity index (χ3v) is 3.90. The van der Waals surface area contributed by atoms with Crippen LogP contribution in [0.5, 0.6) is 0 Å². The lowest BCUT2D eigenvalue weighted by molar-refractivity contribution is -0.121. The van der Waals surface area contributed by atoms with E-state index in [9.17, 15) is 4.79 Å². The second-order valence-corrected chi connectivity index (χ2v) is 5.35.